The van der Waals surface area contributed by atoms with Gasteiger partial charge in [-0.05, 0) is 18.2 Å². The lowest BCUT2D eigenvalue weighted by Crippen LogP contribution is -2.48. The molecule has 2 aromatic carbocycles. The number of hydrogen-bond donors (Lipinski definition) is 1. The Labute approximate surface area is 171 Å². The van der Waals surface area contributed by atoms with Crippen LogP contribution in [0.5, 0.6) is 5.75 Å². The van der Waals surface area contributed by atoms with Gasteiger partial charge in [-0.1, -0.05) is 30.3 Å². The lowest BCUT2D eigenvalue weighted by Gasteiger charge is -2.32. The van der Waals surface area contributed by atoms with E-state index >= 15 is 0 Å². The van der Waals surface area contributed by atoms with E-state index < -0.39 is 6.23 Å². The molecule has 7 nitrogen and oxygen atoms in total. The van der Waals surface area contributed by atoms with Gasteiger partial charge in [0, 0.05) is 30.3 Å². The maximum atomic E-state index is 14.0. The average Bonchev–Trinajstić information content (AvgIpc) is 3.15. The molecule has 0 radical (unpaired) electrons. The van der Waals surface area contributed by atoms with Crippen molar-refractivity contribution in [2.75, 3.05) is 17.3 Å². The number of ether oxygens (including phenoxy) is 1. The number of fused-ring (bicyclic) bond motifs is 2. The second-order valence-corrected chi connectivity index (χ2v) is 7.03. The highest BCUT2D eigenvalue weighted by Crippen LogP contribution is 2.33. The molecule has 0 bridgehead atoms. The number of carbonyl (C=O) groups is 1. The highest BCUT2D eigenvalue weighted by atomic mass is 19.1. The second-order valence-electron chi connectivity index (χ2n) is 7.03. The van der Waals surface area contributed by atoms with Gasteiger partial charge < -0.3 is 15.0 Å². The summed E-state index contributed by atoms with van der Waals surface area (Å²) in [6.45, 7) is 0.286. The van der Waals surface area contributed by atoms with E-state index in [1.807, 2.05) is 24.3 Å². The largest absolute Gasteiger partial charge is 0.459 e. The zero-order chi connectivity index (χ0) is 20.7. The minimum atomic E-state index is -0.905. The Morgan fingerprint density at radius 2 is 1.93 bits per heavy atom. The molecule has 8 heteroatoms. The molecule has 0 saturated carbocycles. The highest BCUT2D eigenvalue weighted by molar-refractivity contribution is 6.00. The summed E-state index contributed by atoms with van der Waals surface area (Å²) in [6, 6.07) is 15.7. The molecule has 0 fully saturated rings. The summed E-state index contributed by atoms with van der Waals surface area (Å²) in [6.07, 6.45) is 2.44. The van der Waals surface area contributed by atoms with Crippen LogP contribution in [0.1, 0.15) is 5.56 Å². The first kappa shape index (κ1) is 18.1. The Balaban J connectivity index is 1.43. The van der Waals surface area contributed by atoms with E-state index in [1.54, 1.807) is 53.3 Å². The van der Waals surface area contributed by atoms with Crippen LogP contribution in [0.15, 0.2) is 67.0 Å². The maximum Gasteiger partial charge on any atom is 0.289 e. The summed E-state index contributed by atoms with van der Waals surface area (Å²) in [7, 11) is 1.71. The van der Waals surface area contributed by atoms with Crippen LogP contribution in [-0.4, -0.2) is 33.9 Å². The molecule has 0 saturated heterocycles. The number of carbonyl (C=O) groups excluding carboxylic acids is 1. The first-order chi connectivity index (χ1) is 14.6. The van der Waals surface area contributed by atoms with Gasteiger partial charge in [0.25, 0.3) is 12.1 Å². The van der Waals surface area contributed by atoms with Gasteiger partial charge in [0.05, 0.1) is 23.9 Å². The quantitative estimate of drug-likeness (QED) is 0.565. The fourth-order valence-electron chi connectivity index (χ4n) is 3.50. The number of pyridine rings is 1. The summed E-state index contributed by atoms with van der Waals surface area (Å²) in [5.74, 6) is 0.568. The predicted molar refractivity (Wildman–Crippen MR) is 111 cm³/mol. The van der Waals surface area contributed by atoms with Gasteiger partial charge in [0.15, 0.2) is 0 Å². The van der Waals surface area contributed by atoms with Crippen molar-refractivity contribution in [3.05, 3.63) is 78.4 Å². The number of aromatic nitrogens is 3. The summed E-state index contributed by atoms with van der Waals surface area (Å²) in [5, 5.41) is 8.21. The van der Waals surface area contributed by atoms with Crippen LogP contribution < -0.4 is 15.0 Å². The van der Waals surface area contributed by atoms with E-state index in [1.165, 1.54) is 6.07 Å². The number of amides is 1. The van der Waals surface area contributed by atoms with Crippen molar-refractivity contribution in [1.29, 1.82) is 0 Å². The summed E-state index contributed by atoms with van der Waals surface area (Å²) >= 11 is 0. The summed E-state index contributed by atoms with van der Waals surface area (Å²) < 4.78 is 21.6. The minimum absolute atomic E-state index is 0.226. The Hall–Kier alpha value is -3.94. The summed E-state index contributed by atoms with van der Waals surface area (Å²) in [4.78, 5) is 18.6. The highest BCUT2D eigenvalue weighted by Gasteiger charge is 2.32. The molecule has 0 aliphatic carbocycles. The number of rotatable bonds is 4. The lowest BCUT2D eigenvalue weighted by atomic mass is 10.2. The Kier molecular flexibility index (Phi) is 4.31. The Morgan fingerprint density at radius 3 is 2.80 bits per heavy atom. The van der Waals surface area contributed by atoms with Crippen molar-refractivity contribution in [2.24, 2.45) is 0 Å². The standard InChI is InChI=1S/C22H18FN5O2/c1-27-17-8-4-5-9-19(17)30-21(22(27)29)26-20-10-18-15(11-24-20)12-25-28(18)13-14-6-2-3-7-16(14)23/h2-12,21H,13H2,1H3,(H,24,26). The van der Waals surface area contributed by atoms with Crippen molar-refractivity contribution in [3.8, 4) is 5.75 Å². The fourth-order valence-corrected chi connectivity index (χ4v) is 3.50. The van der Waals surface area contributed by atoms with Gasteiger partial charge in [-0.2, -0.15) is 5.10 Å². The smallest absolute Gasteiger partial charge is 0.289 e. The van der Waals surface area contributed by atoms with Crippen LogP contribution in [0.2, 0.25) is 0 Å². The molecule has 1 aliphatic rings. The van der Waals surface area contributed by atoms with Crippen molar-refractivity contribution in [2.45, 2.75) is 12.8 Å². The maximum absolute atomic E-state index is 14.0. The number of halogens is 1. The molecule has 1 atom stereocenters. The Morgan fingerprint density at radius 1 is 1.13 bits per heavy atom. The molecular weight excluding hydrogens is 385 g/mol. The average molecular weight is 403 g/mol. The van der Waals surface area contributed by atoms with Gasteiger partial charge in [0.1, 0.15) is 17.4 Å². The monoisotopic (exact) mass is 403 g/mol. The van der Waals surface area contributed by atoms with Gasteiger partial charge in [-0.3, -0.25) is 9.48 Å². The molecule has 150 valence electrons. The van der Waals surface area contributed by atoms with Crippen LogP contribution >= 0.6 is 0 Å². The van der Waals surface area contributed by atoms with Gasteiger partial charge in [-0.15, -0.1) is 0 Å². The summed E-state index contributed by atoms with van der Waals surface area (Å²) in [5.41, 5.74) is 2.03. The van der Waals surface area contributed by atoms with Crippen LogP contribution in [-0.2, 0) is 11.3 Å². The first-order valence-electron chi connectivity index (χ1n) is 9.45. The lowest BCUT2D eigenvalue weighted by molar-refractivity contribution is -0.124. The topological polar surface area (TPSA) is 72.3 Å². The van der Waals surface area contributed by atoms with Crippen molar-refractivity contribution in [1.82, 2.24) is 14.8 Å². The second kappa shape index (κ2) is 7.14. The third-order valence-corrected chi connectivity index (χ3v) is 5.11. The van der Waals surface area contributed by atoms with Crippen LogP contribution in [0, 0.1) is 5.82 Å². The molecule has 1 N–H and O–H groups in total. The number of para-hydroxylation sites is 2. The molecule has 1 aliphatic heterocycles. The van der Waals surface area contributed by atoms with Crippen molar-refractivity contribution >= 4 is 28.3 Å². The molecule has 3 heterocycles. The van der Waals surface area contributed by atoms with Gasteiger partial charge in [0.2, 0.25) is 0 Å². The minimum Gasteiger partial charge on any atom is -0.459 e. The fraction of sp³-hybridized carbons (Fsp3) is 0.136. The molecular formula is C22H18FN5O2. The number of nitrogens with zero attached hydrogens (tertiary/aromatic N) is 4. The van der Waals surface area contributed by atoms with Crippen molar-refractivity contribution < 1.29 is 13.9 Å². The SMILES string of the molecule is CN1C(=O)C(Nc2cc3c(cn2)cnn3Cc2ccccc2F)Oc2ccccc21. The van der Waals surface area contributed by atoms with Gasteiger partial charge in [-0.25, -0.2) is 9.37 Å². The van der Waals surface area contributed by atoms with Crippen LogP contribution in [0.25, 0.3) is 10.9 Å². The molecule has 4 aromatic rings. The number of hydrogen-bond acceptors (Lipinski definition) is 5. The van der Waals surface area contributed by atoms with Crippen LogP contribution in [0.3, 0.4) is 0 Å². The van der Waals surface area contributed by atoms with Crippen LogP contribution in [0.4, 0.5) is 15.9 Å². The zero-order valence-electron chi connectivity index (χ0n) is 16.1. The van der Waals surface area contributed by atoms with E-state index in [0.29, 0.717) is 22.8 Å². The molecule has 1 unspecified atom stereocenters. The Bertz CT molecular complexity index is 1260. The van der Waals surface area contributed by atoms with Crippen molar-refractivity contribution in [3.63, 3.8) is 0 Å². The molecule has 5 rings (SSSR count). The number of likely N-dealkylation sites (N-methyl/N-ethyl adjacent to an activating group) is 1. The first-order valence-corrected chi connectivity index (χ1v) is 9.45. The van der Waals surface area contributed by atoms with E-state index in [4.69, 9.17) is 4.74 Å². The zero-order valence-corrected chi connectivity index (χ0v) is 16.1. The number of anilines is 2. The molecule has 2 aromatic heterocycles. The van der Waals surface area contributed by atoms with E-state index in [0.717, 1.165) is 10.9 Å². The van der Waals surface area contributed by atoms with E-state index in [9.17, 15) is 9.18 Å². The normalized spacial score (nSPS) is 15.7. The van der Waals surface area contributed by atoms with Gasteiger partial charge >= 0.3 is 0 Å². The third-order valence-electron chi connectivity index (χ3n) is 5.11. The number of benzene rings is 2. The molecule has 0 spiro atoms. The van der Waals surface area contributed by atoms with E-state index in [-0.39, 0.29) is 18.3 Å². The molecule has 1 amide bonds. The van der Waals surface area contributed by atoms with E-state index in [2.05, 4.69) is 15.4 Å². The predicted octanol–water partition coefficient (Wildman–Crippen LogP) is 3.41. The number of nitrogens with one attached hydrogen (secondary N) is 1. The third kappa shape index (κ3) is 3.12. The molecule has 30 heavy (non-hydrogen) atoms.